The molecule has 0 radical (unpaired) electrons. The number of carbonyl (C=O) groups excluding carboxylic acids is 1. The first-order chi connectivity index (χ1) is 17.1. The molecule has 5 rings (SSSR count). The van der Waals surface area contributed by atoms with E-state index in [0.29, 0.717) is 32.6 Å². The molecule has 0 spiro atoms. The van der Waals surface area contributed by atoms with Crippen molar-refractivity contribution in [1.29, 1.82) is 0 Å². The Morgan fingerprint density at radius 3 is 2.33 bits per heavy atom. The van der Waals surface area contributed by atoms with Gasteiger partial charge in [-0.3, -0.25) is 4.79 Å². The highest BCUT2D eigenvalue weighted by molar-refractivity contribution is 7.89. The van der Waals surface area contributed by atoms with Gasteiger partial charge in [-0.15, -0.1) is 10.2 Å². The molecule has 0 bridgehead atoms. The van der Waals surface area contributed by atoms with E-state index in [4.69, 9.17) is 0 Å². The second kappa shape index (κ2) is 9.29. The van der Waals surface area contributed by atoms with Crippen LogP contribution in [-0.4, -0.2) is 61.0 Å². The van der Waals surface area contributed by atoms with E-state index in [1.165, 1.54) is 16.8 Å². The smallest absolute Gasteiger partial charge is 0.243 e. The first-order valence-corrected chi connectivity index (χ1v) is 13.7. The van der Waals surface area contributed by atoms with E-state index in [1.807, 2.05) is 19.1 Å². The molecule has 9 heteroatoms. The fourth-order valence-corrected chi connectivity index (χ4v) is 6.77. The molecule has 2 aromatic carbocycles. The minimum absolute atomic E-state index is 0.0291. The summed E-state index contributed by atoms with van der Waals surface area (Å²) in [5.74, 6) is 0.717. The summed E-state index contributed by atoms with van der Waals surface area (Å²) in [4.78, 5) is 16.1. The number of carbonyl (C=O) groups is 1. The Kier molecular flexibility index (Phi) is 6.30. The topological polar surface area (TPSA) is 86.7 Å². The summed E-state index contributed by atoms with van der Waals surface area (Å²) in [5, 5.41) is 8.87. The van der Waals surface area contributed by atoms with Crippen LogP contribution in [0.2, 0.25) is 0 Å². The van der Waals surface area contributed by atoms with Crippen molar-refractivity contribution in [2.24, 2.45) is 0 Å². The lowest BCUT2D eigenvalue weighted by Gasteiger charge is -2.34. The molecule has 1 atom stereocenters. The SMILES string of the molecule is CC(=O)N1c2ccc(S(=O)(=O)N3CCN(c4ccc(-c5ccc(C)cc5C)nn4)CC3)cc2CC1C. The van der Waals surface area contributed by atoms with Crippen molar-refractivity contribution in [3.05, 3.63) is 65.2 Å². The molecule has 1 saturated heterocycles. The predicted molar refractivity (Wildman–Crippen MR) is 141 cm³/mol. The van der Waals surface area contributed by atoms with Gasteiger partial charge in [0.2, 0.25) is 15.9 Å². The molecule has 36 heavy (non-hydrogen) atoms. The number of amides is 1. The molecule has 2 aliphatic heterocycles. The number of benzene rings is 2. The van der Waals surface area contributed by atoms with Crippen molar-refractivity contribution >= 4 is 27.4 Å². The van der Waals surface area contributed by atoms with Crippen LogP contribution < -0.4 is 9.80 Å². The number of hydrogen-bond donors (Lipinski definition) is 0. The molecule has 3 heterocycles. The monoisotopic (exact) mass is 505 g/mol. The lowest BCUT2D eigenvalue weighted by Crippen LogP contribution is -2.49. The van der Waals surface area contributed by atoms with Crippen LogP contribution in [0.4, 0.5) is 11.5 Å². The molecule has 2 aliphatic rings. The third kappa shape index (κ3) is 4.37. The Morgan fingerprint density at radius 2 is 1.69 bits per heavy atom. The molecular formula is C27H31N5O3S. The second-order valence-electron chi connectivity index (χ2n) is 9.72. The van der Waals surface area contributed by atoms with Gasteiger partial charge in [0.15, 0.2) is 5.82 Å². The van der Waals surface area contributed by atoms with Gasteiger partial charge in [-0.05, 0) is 68.7 Å². The van der Waals surface area contributed by atoms with Crippen LogP contribution in [0.15, 0.2) is 53.4 Å². The normalized spacial score (nSPS) is 18.4. The first kappa shape index (κ1) is 24.4. The Morgan fingerprint density at radius 1 is 0.944 bits per heavy atom. The Balaban J connectivity index is 1.27. The number of aromatic nitrogens is 2. The van der Waals surface area contributed by atoms with Gasteiger partial charge in [0, 0.05) is 50.4 Å². The minimum atomic E-state index is -3.63. The van der Waals surface area contributed by atoms with E-state index in [2.05, 4.69) is 47.1 Å². The van der Waals surface area contributed by atoms with E-state index in [-0.39, 0.29) is 16.8 Å². The quantitative estimate of drug-likeness (QED) is 0.539. The lowest BCUT2D eigenvalue weighted by atomic mass is 10.0. The third-order valence-corrected chi connectivity index (χ3v) is 9.01. The summed E-state index contributed by atoms with van der Waals surface area (Å²) in [6.07, 6.45) is 0.656. The maximum atomic E-state index is 13.4. The zero-order valence-corrected chi connectivity index (χ0v) is 21.9. The van der Waals surface area contributed by atoms with Gasteiger partial charge in [0.25, 0.3) is 0 Å². The van der Waals surface area contributed by atoms with Crippen molar-refractivity contribution in [3.8, 4) is 11.3 Å². The predicted octanol–water partition coefficient (Wildman–Crippen LogP) is 3.57. The standard InChI is InChI=1S/C27H31N5O3S/c1-18-5-7-24(19(2)15-18)25-8-10-27(29-28-25)30-11-13-31(14-12-30)36(34,35)23-6-9-26-22(17-23)16-20(3)32(26)21(4)33/h5-10,15,17,20H,11-14,16H2,1-4H3. The fourth-order valence-electron chi connectivity index (χ4n) is 5.29. The number of sulfonamides is 1. The van der Waals surface area contributed by atoms with E-state index >= 15 is 0 Å². The number of hydrogen-bond acceptors (Lipinski definition) is 6. The van der Waals surface area contributed by atoms with Gasteiger partial charge in [-0.25, -0.2) is 8.42 Å². The molecule has 1 amide bonds. The molecule has 3 aromatic rings. The maximum Gasteiger partial charge on any atom is 0.243 e. The number of rotatable bonds is 4. The van der Waals surface area contributed by atoms with Crippen LogP contribution in [0.25, 0.3) is 11.3 Å². The number of aryl methyl sites for hydroxylation is 2. The number of anilines is 2. The fraction of sp³-hybridized carbons (Fsp3) is 0.370. The summed E-state index contributed by atoms with van der Waals surface area (Å²) in [7, 11) is -3.63. The van der Waals surface area contributed by atoms with Crippen LogP contribution in [0.3, 0.4) is 0 Å². The van der Waals surface area contributed by atoms with Crippen LogP contribution in [0.1, 0.15) is 30.5 Å². The molecular weight excluding hydrogens is 474 g/mol. The summed E-state index contributed by atoms with van der Waals surface area (Å²) in [5.41, 5.74) is 5.96. The third-order valence-electron chi connectivity index (χ3n) is 7.11. The molecule has 0 aliphatic carbocycles. The molecule has 188 valence electrons. The van der Waals surface area contributed by atoms with Crippen molar-refractivity contribution in [3.63, 3.8) is 0 Å². The van der Waals surface area contributed by atoms with E-state index in [1.54, 1.807) is 23.1 Å². The highest BCUT2D eigenvalue weighted by Crippen LogP contribution is 2.34. The average Bonchev–Trinajstić information content (AvgIpc) is 3.19. The average molecular weight is 506 g/mol. The van der Waals surface area contributed by atoms with E-state index in [0.717, 1.165) is 33.9 Å². The summed E-state index contributed by atoms with van der Waals surface area (Å²) in [6.45, 7) is 9.47. The number of fused-ring (bicyclic) bond motifs is 1. The minimum Gasteiger partial charge on any atom is -0.352 e. The Hall–Kier alpha value is -3.30. The summed E-state index contributed by atoms with van der Waals surface area (Å²) < 4.78 is 28.3. The summed E-state index contributed by atoms with van der Waals surface area (Å²) in [6, 6.07) is 15.3. The first-order valence-electron chi connectivity index (χ1n) is 12.2. The molecule has 1 aromatic heterocycles. The van der Waals surface area contributed by atoms with Gasteiger partial charge in [0.1, 0.15) is 0 Å². The molecule has 8 nitrogen and oxygen atoms in total. The highest BCUT2D eigenvalue weighted by Gasteiger charge is 2.33. The largest absolute Gasteiger partial charge is 0.352 e. The number of piperazine rings is 1. The Bertz CT molecular complexity index is 1410. The zero-order valence-electron chi connectivity index (χ0n) is 21.1. The molecule has 1 fully saturated rings. The second-order valence-corrected chi connectivity index (χ2v) is 11.7. The van der Waals surface area contributed by atoms with Crippen LogP contribution in [0.5, 0.6) is 0 Å². The van der Waals surface area contributed by atoms with Gasteiger partial charge in [-0.1, -0.05) is 23.8 Å². The van der Waals surface area contributed by atoms with Gasteiger partial charge in [-0.2, -0.15) is 4.31 Å². The van der Waals surface area contributed by atoms with Crippen molar-refractivity contribution in [2.75, 3.05) is 36.0 Å². The van der Waals surface area contributed by atoms with Gasteiger partial charge >= 0.3 is 0 Å². The van der Waals surface area contributed by atoms with Crippen LogP contribution in [0, 0.1) is 13.8 Å². The number of nitrogens with zero attached hydrogens (tertiary/aromatic N) is 5. The van der Waals surface area contributed by atoms with E-state index < -0.39 is 10.0 Å². The van der Waals surface area contributed by atoms with E-state index in [9.17, 15) is 13.2 Å². The van der Waals surface area contributed by atoms with Crippen molar-refractivity contribution in [1.82, 2.24) is 14.5 Å². The molecule has 0 saturated carbocycles. The zero-order chi connectivity index (χ0) is 25.6. The highest BCUT2D eigenvalue weighted by atomic mass is 32.2. The summed E-state index contributed by atoms with van der Waals surface area (Å²) >= 11 is 0. The maximum absolute atomic E-state index is 13.4. The van der Waals surface area contributed by atoms with Gasteiger partial charge < -0.3 is 9.80 Å². The van der Waals surface area contributed by atoms with Crippen LogP contribution in [-0.2, 0) is 21.2 Å². The lowest BCUT2D eigenvalue weighted by molar-refractivity contribution is -0.116. The molecule has 0 N–H and O–H groups in total. The molecule has 1 unspecified atom stereocenters. The van der Waals surface area contributed by atoms with Crippen molar-refractivity contribution < 1.29 is 13.2 Å². The van der Waals surface area contributed by atoms with Crippen molar-refractivity contribution in [2.45, 2.75) is 45.1 Å². The van der Waals surface area contributed by atoms with Crippen LogP contribution >= 0.6 is 0 Å². The Labute approximate surface area is 212 Å². The van der Waals surface area contributed by atoms with Gasteiger partial charge in [0.05, 0.1) is 10.6 Å².